The number of nitro groups is 1. The van der Waals surface area contributed by atoms with Crippen LogP contribution in [0, 0.1) is 17.0 Å². The molecule has 2 rings (SSSR count). The molecular formula is C12H10ClN3O4S. The zero-order valence-corrected chi connectivity index (χ0v) is 12.4. The number of aromatic nitrogens is 1. The fourth-order valence-electron chi connectivity index (χ4n) is 1.63. The molecular weight excluding hydrogens is 318 g/mol. The van der Waals surface area contributed by atoms with Crippen molar-refractivity contribution < 1.29 is 13.3 Å². The minimum absolute atomic E-state index is 0.0370. The van der Waals surface area contributed by atoms with Crippen molar-refractivity contribution in [1.29, 1.82) is 0 Å². The lowest BCUT2D eigenvalue weighted by Gasteiger charge is -2.10. The molecule has 1 N–H and O–H groups in total. The number of nitrogens with one attached hydrogen (secondary N) is 1. The first-order valence-corrected chi connectivity index (χ1v) is 7.56. The van der Waals surface area contributed by atoms with Gasteiger partial charge in [0.05, 0.1) is 14.8 Å². The summed E-state index contributed by atoms with van der Waals surface area (Å²) >= 11 is 5.84. The molecule has 0 amide bonds. The fraction of sp³-hybridized carbons (Fsp3) is 0.0833. The Kier molecular flexibility index (Phi) is 4.10. The Morgan fingerprint density at radius 2 is 2.05 bits per heavy atom. The molecule has 9 heteroatoms. The summed E-state index contributed by atoms with van der Waals surface area (Å²) in [5, 5.41) is 10.9. The number of sulfonamides is 1. The maximum atomic E-state index is 12.3. The molecule has 0 aliphatic heterocycles. The second-order valence-corrected chi connectivity index (χ2v) is 6.20. The number of halogens is 1. The van der Waals surface area contributed by atoms with Gasteiger partial charge in [-0.3, -0.25) is 14.8 Å². The second-order valence-electron chi connectivity index (χ2n) is 4.15. The number of benzene rings is 1. The third kappa shape index (κ3) is 3.29. The molecule has 0 saturated heterocycles. The highest BCUT2D eigenvalue weighted by atomic mass is 35.5. The smallest absolute Gasteiger partial charge is 0.262 e. The molecule has 0 radical (unpaired) electrons. The van der Waals surface area contributed by atoms with Crippen LogP contribution in [0.2, 0.25) is 5.02 Å². The van der Waals surface area contributed by atoms with Crippen molar-refractivity contribution in [1.82, 2.24) is 4.98 Å². The summed E-state index contributed by atoms with van der Waals surface area (Å²) in [6, 6.07) is 6.63. The highest BCUT2D eigenvalue weighted by Crippen LogP contribution is 2.25. The van der Waals surface area contributed by atoms with E-state index in [4.69, 9.17) is 11.6 Å². The van der Waals surface area contributed by atoms with E-state index in [2.05, 4.69) is 9.71 Å². The lowest BCUT2D eigenvalue weighted by molar-refractivity contribution is -0.385. The van der Waals surface area contributed by atoms with Crippen molar-refractivity contribution in [2.75, 3.05) is 4.72 Å². The van der Waals surface area contributed by atoms with Crippen molar-refractivity contribution in [3.05, 3.63) is 57.2 Å². The summed E-state index contributed by atoms with van der Waals surface area (Å²) in [5.74, 6) is -0.0370. The predicted molar refractivity (Wildman–Crippen MR) is 77.9 cm³/mol. The van der Waals surface area contributed by atoms with Crippen molar-refractivity contribution in [2.24, 2.45) is 0 Å². The molecule has 110 valence electrons. The molecule has 7 nitrogen and oxygen atoms in total. The quantitative estimate of drug-likeness (QED) is 0.687. The monoisotopic (exact) mass is 327 g/mol. The molecule has 0 aliphatic carbocycles. The van der Waals surface area contributed by atoms with Gasteiger partial charge in [-0.05, 0) is 24.6 Å². The summed E-state index contributed by atoms with van der Waals surface area (Å²) in [6.07, 6.45) is 1.38. The van der Waals surface area contributed by atoms with Crippen LogP contribution in [0.25, 0.3) is 0 Å². The maximum absolute atomic E-state index is 12.3. The van der Waals surface area contributed by atoms with Gasteiger partial charge in [-0.1, -0.05) is 17.7 Å². The Bertz CT molecular complexity index is 808. The molecule has 2 aromatic rings. The Morgan fingerprint density at radius 3 is 2.67 bits per heavy atom. The number of hydrogen-bond acceptors (Lipinski definition) is 5. The van der Waals surface area contributed by atoms with E-state index in [0.717, 1.165) is 6.07 Å². The van der Waals surface area contributed by atoms with Crippen LogP contribution in [-0.4, -0.2) is 18.3 Å². The summed E-state index contributed by atoms with van der Waals surface area (Å²) in [4.78, 5) is 13.7. The predicted octanol–water partition coefficient (Wildman–Crippen LogP) is 2.75. The van der Waals surface area contributed by atoms with Crippen LogP contribution in [0.1, 0.15) is 5.56 Å². The van der Waals surface area contributed by atoms with Crippen LogP contribution in [0.3, 0.4) is 0 Å². The minimum Gasteiger partial charge on any atom is -0.262 e. The Balaban J connectivity index is 2.47. The third-order valence-corrected chi connectivity index (χ3v) is 4.45. The Hall–Kier alpha value is -2.19. The lowest BCUT2D eigenvalue weighted by Crippen LogP contribution is -2.15. The van der Waals surface area contributed by atoms with Gasteiger partial charge in [0, 0.05) is 18.3 Å². The highest BCUT2D eigenvalue weighted by Gasteiger charge is 2.21. The van der Waals surface area contributed by atoms with E-state index in [1.54, 1.807) is 6.07 Å². The van der Waals surface area contributed by atoms with Gasteiger partial charge in [0.25, 0.3) is 15.7 Å². The first-order chi connectivity index (χ1) is 9.81. The van der Waals surface area contributed by atoms with Crippen molar-refractivity contribution in [3.8, 4) is 0 Å². The zero-order valence-electron chi connectivity index (χ0n) is 10.8. The van der Waals surface area contributed by atoms with Gasteiger partial charge >= 0.3 is 0 Å². The van der Waals surface area contributed by atoms with Gasteiger partial charge in [-0.15, -0.1) is 0 Å². The topological polar surface area (TPSA) is 102 Å². The van der Waals surface area contributed by atoms with Gasteiger partial charge in [0.1, 0.15) is 0 Å². The van der Waals surface area contributed by atoms with Crippen molar-refractivity contribution >= 4 is 33.1 Å². The normalized spacial score (nSPS) is 11.1. The molecule has 0 spiro atoms. The maximum Gasteiger partial charge on any atom is 0.270 e. The van der Waals surface area contributed by atoms with E-state index in [9.17, 15) is 18.5 Å². The molecule has 0 unspecified atom stereocenters. The third-order valence-electron chi connectivity index (χ3n) is 2.66. The number of rotatable bonds is 4. The Morgan fingerprint density at radius 1 is 1.33 bits per heavy atom. The number of non-ortho nitro benzene ring substituents is 1. The number of hydrogen-bond donors (Lipinski definition) is 1. The average molecular weight is 328 g/mol. The molecule has 1 aromatic heterocycles. The molecule has 1 heterocycles. The summed E-state index contributed by atoms with van der Waals surface area (Å²) < 4.78 is 26.9. The number of anilines is 1. The SMILES string of the molecule is Cc1ccc([N+](=O)[O-])cc1S(=O)(=O)Nc1ncccc1Cl. The summed E-state index contributed by atoms with van der Waals surface area (Å²) in [7, 11) is -4.02. The van der Waals surface area contributed by atoms with Gasteiger partial charge < -0.3 is 0 Å². The van der Waals surface area contributed by atoms with E-state index in [0.29, 0.717) is 5.56 Å². The van der Waals surface area contributed by atoms with Crippen LogP contribution in [0.15, 0.2) is 41.4 Å². The number of aryl methyl sites for hydroxylation is 1. The minimum atomic E-state index is -4.02. The molecule has 0 saturated carbocycles. The van der Waals surface area contributed by atoms with E-state index >= 15 is 0 Å². The number of nitro benzene ring substituents is 1. The number of pyridine rings is 1. The van der Waals surface area contributed by atoms with Crippen LogP contribution < -0.4 is 4.72 Å². The average Bonchev–Trinajstić information content (AvgIpc) is 2.41. The fourth-order valence-corrected chi connectivity index (χ4v) is 3.15. The van der Waals surface area contributed by atoms with E-state index in [1.807, 2.05) is 0 Å². The van der Waals surface area contributed by atoms with Crippen LogP contribution >= 0.6 is 11.6 Å². The standard InChI is InChI=1S/C12H10ClN3O4S/c1-8-4-5-9(16(17)18)7-11(8)21(19,20)15-12-10(13)3-2-6-14-12/h2-7H,1H3,(H,14,15). The van der Waals surface area contributed by atoms with Gasteiger partial charge in [0.2, 0.25) is 0 Å². The van der Waals surface area contributed by atoms with E-state index in [1.165, 1.54) is 31.3 Å². The molecule has 0 aliphatic rings. The number of nitrogens with zero attached hydrogens (tertiary/aromatic N) is 2. The van der Waals surface area contributed by atoms with Crippen LogP contribution in [-0.2, 0) is 10.0 Å². The lowest BCUT2D eigenvalue weighted by atomic mass is 10.2. The highest BCUT2D eigenvalue weighted by molar-refractivity contribution is 7.92. The van der Waals surface area contributed by atoms with Crippen LogP contribution in [0.5, 0.6) is 0 Å². The summed E-state index contributed by atoms with van der Waals surface area (Å²) in [6.45, 7) is 1.54. The zero-order chi connectivity index (χ0) is 15.6. The van der Waals surface area contributed by atoms with Crippen LogP contribution in [0.4, 0.5) is 11.5 Å². The molecule has 0 bridgehead atoms. The van der Waals surface area contributed by atoms with Gasteiger partial charge in [0.15, 0.2) is 5.82 Å². The Labute approximate surface area is 125 Å². The first-order valence-electron chi connectivity index (χ1n) is 5.69. The second kappa shape index (κ2) is 5.66. The molecule has 21 heavy (non-hydrogen) atoms. The van der Waals surface area contributed by atoms with Crippen molar-refractivity contribution in [3.63, 3.8) is 0 Å². The van der Waals surface area contributed by atoms with Gasteiger partial charge in [-0.25, -0.2) is 13.4 Å². The summed E-state index contributed by atoms with van der Waals surface area (Å²) in [5.41, 5.74) is 0.0632. The first kappa shape index (κ1) is 15.2. The molecule has 1 aromatic carbocycles. The molecule has 0 fully saturated rings. The largest absolute Gasteiger partial charge is 0.270 e. The van der Waals surface area contributed by atoms with E-state index < -0.39 is 14.9 Å². The molecule has 0 atom stereocenters. The van der Waals surface area contributed by atoms with Crippen molar-refractivity contribution in [2.45, 2.75) is 11.8 Å². The van der Waals surface area contributed by atoms with Gasteiger partial charge in [-0.2, -0.15) is 0 Å². The van der Waals surface area contributed by atoms with E-state index in [-0.39, 0.29) is 21.4 Å².